The Morgan fingerprint density at radius 3 is 2.62 bits per heavy atom. The molecule has 2 heterocycles. The predicted octanol–water partition coefficient (Wildman–Crippen LogP) is 3.55. The minimum Gasteiger partial charge on any atom is -0.370 e. The Balaban J connectivity index is 1.80. The molecule has 1 fully saturated rings. The summed E-state index contributed by atoms with van der Waals surface area (Å²) in [6.45, 7) is 5.88. The van der Waals surface area contributed by atoms with Crippen LogP contribution in [-0.4, -0.2) is 21.5 Å². The van der Waals surface area contributed by atoms with Crippen LogP contribution in [0.4, 0.5) is 11.6 Å². The lowest BCUT2D eigenvalue weighted by molar-refractivity contribution is 0.894. The molecule has 0 radical (unpaired) electrons. The summed E-state index contributed by atoms with van der Waals surface area (Å²) < 4.78 is 0. The van der Waals surface area contributed by atoms with Gasteiger partial charge in [0.1, 0.15) is 22.5 Å². The van der Waals surface area contributed by atoms with E-state index in [1.54, 1.807) is 11.3 Å². The zero-order chi connectivity index (χ0) is 14.7. The van der Waals surface area contributed by atoms with Gasteiger partial charge < -0.3 is 10.6 Å². The molecule has 3 rings (SSSR count). The number of hydrogen-bond donors (Lipinski definition) is 2. The van der Waals surface area contributed by atoms with Gasteiger partial charge in [-0.15, -0.1) is 11.3 Å². The molecule has 1 aliphatic rings. The van der Waals surface area contributed by atoms with E-state index in [1.807, 2.05) is 11.6 Å². The van der Waals surface area contributed by atoms with Gasteiger partial charge in [0.2, 0.25) is 0 Å². The molecule has 0 unspecified atom stereocenters. The molecular formula is C15H21N5S. The summed E-state index contributed by atoms with van der Waals surface area (Å²) in [4.78, 5) is 13.7. The molecule has 112 valence electrons. The molecule has 0 aromatic carbocycles. The van der Waals surface area contributed by atoms with Gasteiger partial charge in [-0.1, -0.05) is 6.92 Å². The molecular weight excluding hydrogens is 282 g/mol. The maximum Gasteiger partial charge on any atom is 0.136 e. The molecule has 0 amide bonds. The van der Waals surface area contributed by atoms with Gasteiger partial charge >= 0.3 is 0 Å². The standard InChI is InChI=1S/C15H21N5S/c1-3-6-17-13-10(2)14(18-9-12-16-7-8-21-12)20-15(19-13)11-4-5-11/h7-8,11H,3-6,9H2,1-2H3,(H2,17,18,19,20). The van der Waals surface area contributed by atoms with Crippen molar-refractivity contribution in [2.75, 3.05) is 17.2 Å². The average molecular weight is 303 g/mol. The zero-order valence-electron chi connectivity index (χ0n) is 12.5. The Morgan fingerprint density at radius 1 is 1.24 bits per heavy atom. The summed E-state index contributed by atoms with van der Waals surface area (Å²) in [7, 11) is 0. The highest BCUT2D eigenvalue weighted by Gasteiger charge is 2.28. The Morgan fingerprint density at radius 2 is 2.00 bits per heavy atom. The first-order valence-electron chi connectivity index (χ1n) is 7.52. The van der Waals surface area contributed by atoms with Gasteiger partial charge in [-0.25, -0.2) is 15.0 Å². The number of hydrogen-bond acceptors (Lipinski definition) is 6. The summed E-state index contributed by atoms with van der Waals surface area (Å²) >= 11 is 1.66. The van der Waals surface area contributed by atoms with E-state index in [1.165, 1.54) is 12.8 Å². The molecule has 0 aliphatic heterocycles. The van der Waals surface area contributed by atoms with Crippen molar-refractivity contribution in [3.63, 3.8) is 0 Å². The number of rotatable bonds is 7. The van der Waals surface area contributed by atoms with Crippen LogP contribution in [0.2, 0.25) is 0 Å². The topological polar surface area (TPSA) is 62.7 Å². The van der Waals surface area contributed by atoms with Crippen molar-refractivity contribution in [1.82, 2.24) is 15.0 Å². The molecule has 21 heavy (non-hydrogen) atoms. The minimum absolute atomic E-state index is 0.549. The third-order valence-electron chi connectivity index (χ3n) is 3.54. The van der Waals surface area contributed by atoms with Gasteiger partial charge in [0.15, 0.2) is 0 Å². The highest BCUT2D eigenvalue weighted by molar-refractivity contribution is 7.09. The van der Waals surface area contributed by atoms with E-state index in [2.05, 4.69) is 29.5 Å². The van der Waals surface area contributed by atoms with Crippen molar-refractivity contribution in [3.8, 4) is 0 Å². The maximum absolute atomic E-state index is 4.72. The summed E-state index contributed by atoms with van der Waals surface area (Å²) in [5.41, 5.74) is 1.09. The molecule has 2 aromatic heterocycles. The van der Waals surface area contributed by atoms with Crippen molar-refractivity contribution in [2.45, 2.75) is 45.6 Å². The first-order chi connectivity index (χ1) is 10.3. The largest absolute Gasteiger partial charge is 0.370 e. The summed E-state index contributed by atoms with van der Waals surface area (Å²) in [5.74, 6) is 3.42. The highest BCUT2D eigenvalue weighted by atomic mass is 32.1. The SMILES string of the molecule is CCCNc1nc(C2CC2)nc(NCc2nccs2)c1C. The Hall–Kier alpha value is -1.69. The van der Waals surface area contributed by atoms with Crippen molar-refractivity contribution in [1.29, 1.82) is 0 Å². The van der Waals surface area contributed by atoms with Crippen LogP contribution in [0.3, 0.4) is 0 Å². The van der Waals surface area contributed by atoms with Crippen LogP contribution < -0.4 is 10.6 Å². The summed E-state index contributed by atoms with van der Waals surface area (Å²) in [6.07, 6.45) is 5.34. The lowest BCUT2D eigenvalue weighted by Crippen LogP contribution is -2.11. The zero-order valence-corrected chi connectivity index (χ0v) is 13.3. The number of nitrogens with zero attached hydrogens (tertiary/aromatic N) is 3. The molecule has 0 atom stereocenters. The van der Waals surface area contributed by atoms with Crippen LogP contribution in [0, 0.1) is 6.92 Å². The number of anilines is 2. The van der Waals surface area contributed by atoms with Crippen LogP contribution in [0.5, 0.6) is 0 Å². The highest BCUT2D eigenvalue weighted by Crippen LogP contribution is 2.39. The second-order valence-corrected chi connectivity index (χ2v) is 6.36. The second kappa shape index (κ2) is 6.39. The van der Waals surface area contributed by atoms with Gasteiger partial charge in [-0.3, -0.25) is 0 Å². The van der Waals surface area contributed by atoms with Gasteiger partial charge in [-0.05, 0) is 26.2 Å². The first-order valence-corrected chi connectivity index (χ1v) is 8.40. The average Bonchev–Trinajstić information content (AvgIpc) is 3.21. The van der Waals surface area contributed by atoms with E-state index in [0.29, 0.717) is 12.5 Å². The van der Waals surface area contributed by atoms with Crippen LogP contribution >= 0.6 is 11.3 Å². The molecule has 2 aromatic rings. The van der Waals surface area contributed by atoms with E-state index < -0.39 is 0 Å². The molecule has 1 aliphatic carbocycles. The molecule has 5 nitrogen and oxygen atoms in total. The van der Waals surface area contributed by atoms with Crippen molar-refractivity contribution < 1.29 is 0 Å². The fourth-order valence-corrected chi connectivity index (χ4v) is 2.70. The van der Waals surface area contributed by atoms with Gasteiger partial charge in [0.25, 0.3) is 0 Å². The first kappa shape index (κ1) is 14.3. The van der Waals surface area contributed by atoms with Gasteiger partial charge in [0.05, 0.1) is 6.54 Å². The predicted molar refractivity (Wildman–Crippen MR) is 87.0 cm³/mol. The fourth-order valence-electron chi connectivity index (χ4n) is 2.15. The van der Waals surface area contributed by atoms with Crippen LogP contribution in [0.1, 0.15) is 48.5 Å². The molecule has 6 heteroatoms. The molecule has 1 saturated carbocycles. The Kier molecular flexibility index (Phi) is 4.34. The maximum atomic E-state index is 4.72. The third kappa shape index (κ3) is 3.50. The lowest BCUT2D eigenvalue weighted by Gasteiger charge is -2.14. The summed E-state index contributed by atoms with van der Waals surface area (Å²) in [5, 5.41) is 9.89. The van der Waals surface area contributed by atoms with E-state index in [9.17, 15) is 0 Å². The minimum atomic E-state index is 0.549. The number of nitrogens with one attached hydrogen (secondary N) is 2. The van der Waals surface area contributed by atoms with Crippen molar-refractivity contribution in [3.05, 3.63) is 28.0 Å². The van der Waals surface area contributed by atoms with Crippen molar-refractivity contribution in [2.24, 2.45) is 0 Å². The monoisotopic (exact) mass is 303 g/mol. The third-order valence-corrected chi connectivity index (χ3v) is 4.32. The van der Waals surface area contributed by atoms with Crippen LogP contribution in [0.25, 0.3) is 0 Å². The van der Waals surface area contributed by atoms with E-state index in [0.717, 1.165) is 41.0 Å². The fraction of sp³-hybridized carbons (Fsp3) is 0.533. The number of thiazole rings is 1. The van der Waals surface area contributed by atoms with Crippen LogP contribution in [0.15, 0.2) is 11.6 Å². The van der Waals surface area contributed by atoms with Crippen molar-refractivity contribution >= 4 is 23.0 Å². The Bertz CT molecular complexity index is 592. The van der Waals surface area contributed by atoms with E-state index >= 15 is 0 Å². The quantitative estimate of drug-likeness (QED) is 0.819. The lowest BCUT2D eigenvalue weighted by atomic mass is 10.2. The van der Waals surface area contributed by atoms with Gasteiger partial charge in [0, 0.05) is 29.6 Å². The van der Waals surface area contributed by atoms with E-state index in [-0.39, 0.29) is 0 Å². The smallest absolute Gasteiger partial charge is 0.136 e. The summed E-state index contributed by atoms with van der Waals surface area (Å²) in [6, 6.07) is 0. The molecule has 2 N–H and O–H groups in total. The number of aromatic nitrogens is 3. The van der Waals surface area contributed by atoms with Crippen LogP contribution in [-0.2, 0) is 6.54 Å². The molecule has 0 saturated heterocycles. The van der Waals surface area contributed by atoms with Gasteiger partial charge in [-0.2, -0.15) is 0 Å². The second-order valence-electron chi connectivity index (χ2n) is 5.38. The molecule has 0 spiro atoms. The molecule has 0 bridgehead atoms. The van der Waals surface area contributed by atoms with E-state index in [4.69, 9.17) is 9.97 Å². The normalized spacial score (nSPS) is 14.2. The Labute approximate surface area is 129 Å².